The van der Waals surface area contributed by atoms with Crippen molar-refractivity contribution in [3.8, 4) is 22.6 Å². The summed E-state index contributed by atoms with van der Waals surface area (Å²) >= 11 is 0. The van der Waals surface area contributed by atoms with Crippen LogP contribution in [-0.2, 0) is 22.6 Å². The number of fused-ring (bicyclic) bond motifs is 1. The lowest BCUT2D eigenvalue weighted by molar-refractivity contribution is -0.128. The van der Waals surface area contributed by atoms with Crippen molar-refractivity contribution >= 4 is 23.2 Å². The van der Waals surface area contributed by atoms with Crippen LogP contribution in [0.3, 0.4) is 0 Å². The number of nitrogen functional groups attached to an aromatic ring is 1. The molecule has 210 valence electrons. The molecular formula is C34H36N4O3. The maximum Gasteiger partial charge on any atom is 0.249 e. The van der Waals surface area contributed by atoms with E-state index in [0.717, 1.165) is 33.7 Å². The first-order valence-corrected chi connectivity index (χ1v) is 13.9. The second-order valence-electron chi connectivity index (χ2n) is 11.2. The maximum atomic E-state index is 13.8. The van der Waals surface area contributed by atoms with Crippen LogP contribution in [0.15, 0.2) is 97.1 Å². The molecule has 1 heterocycles. The van der Waals surface area contributed by atoms with Crippen molar-refractivity contribution in [2.45, 2.75) is 51.2 Å². The van der Waals surface area contributed by atoms with Gasteiger partial charge in [0.25, 0.3) is 0 Å². The van der Waals surface area contributed by atoms with Crippen molar-refractivity contribution in [3.63, 3.8) is 0 Å². The quantitative estimate of drug-likeness (QED) is 0.240. The van der Waals surface area contributed by atoms with E-state index in [-0.39, 0.29) is 18.2 Å². The number of anilines is 2. The summed E-state index contributed by atoms with van der Waals surface area (Å²) in [5, 5.41) is 2.94. The van der Waals surface area contributed by atoms with Gasteiger partial charge >= 0.3 is 0 Å². The van der Waals surface area contributed by atoms with Gasteiger partial charge in [0.2, 0.25) is 11.8 Å². The Hall–Kier alpha value is -4.62. The summed E-state index contributed by atoms with van der Waals surface area (Å²) in [4.78, 5) is 28.3. The lowest BCUT2D eigenvalue weighted by Gasteiger charge is -2.27. The molecule has 5 rings (SSSR count). The number of carbonyl (C=O) groups excluding carboxylic acids is 2. The van der Waals surface area contributed by atoms with Gasteiger partial charge in [0.15, 0.2) is 0 Å². The molecule has 0 saturated heterocycles. The number of ether oxygens (including phenoxy) is 1. The van der Waals surface area contributed by atoms with Gasteiger partial charge in [-0.1, -0.05) is 60.7 Å². The molecule has 4 aromatic carbocycles. The fourth-order valence-corrected chi connectivity index (χ4v) is 5.10. The van der Waals surface area contributed by atoms with Crippen LogP contribution in [0, 0.1) is 0 Å². The van der Waals surface area contributed by atoms with Crippen LogP contribution in [0.1, 0.15) is 37.8 Å². The molecule has 0 radical (unpaired) electrons. The molecule has 5 N–H and O–H groups in total. The Balaban J connectivity index is 1.37. The zero-order chi connectivity index (χ0) is 29.0. The first kappa shape index (κ1) is 27.9. The van der Waals surface area contributed by atoms with E-state index in [1.807, 2.05) is 97.1 Å². The molecule has 7 nitrogen and oxygen atoms in total. The minimum absolute atomic E-state index is 0.121. The Labute approximate surface area is 241 Å². The van der Waals surface area contributed by atoms with E-state index in [1.54, 1.807) is 18.7 Å². The Kier molecular flexibility index (Phi) is 8.08. The van der Waals surface area contributed by atoms with Gasteiger partial charge in [-0.05, 0) is 79.8 Å². The second kappa shape index (κ2) is 11.9. The Morgan fingerprint density at radius 2 is 1.63 bits per heavy atom. The third-order valence-corrected chi connectivity index (χ3v) is 7.10. The standard InChI is InChI=1S/C34H36N4O3/c1-34(2,36)21-32(39)37-29-20-15-25-7-3-5-9-30(25)38(33(29)40)22-23-11-13-24(14-12-23)28-8-4-6-10-31(28)41-27-18-16-26(35)17-19-27/h3-14,16-19,29H,15,20-22,35-36H2,1-2H3,(H,37,39)/t29-/m1/s1. The molecule has 1 aliphatic heterocycles. The summed E-state index contributed by atoms with van der Waals surface area (Å²) in [6, 6.07) is 30.6. The Bertz CT molecular complexity index is 1530. The van der Waals surface area contributed by atoms with Crippen molar-refractivity contribution in [1.82, 2.24) is 5.32 Å². The molecule has 1 atom stereocenters. The molecule has 0 unspecified atom stereocenters. The number of para-hydroxylation sites is 2. The van der Waals surface area contributed by atoms with Gasteiger partial charge in [0.05, 0.1) is 6.54 Å². The van der Waals surface area contributed by atoms with Gasteiger partial charge in [-0.25, -0.2) is 0 Å². The van der Waals surface area contributed by atoms with E-state index in [9.17, 15) is 9.59 Å². The zero-order valence-corrected chi connectivity index (χ0v) is 23.5. The third kappa shape index (κ3) is 6.94. The highest BCUT2D eigenvalue weighted by molar-refractivity contribution is 6.00. The van der Waals surface area contributed by atoms with Gasteiger partial charge in [0, 0.05) is 28.9 Å². The van der Waals surface area contributed by atoms with Crippen LogP contribution in [-0.4, -0.2) is 23.4 Å². The Morgan fingerprint density at radius 1 is 0.951 bits per heavy atom. The van der Waals surface area contributed by atoms with E-state index < -0.39 is 11.6 Å². The van der Waals surface area contributed by atoms with Crippen molar-refractivity contribution in [2.75, 3.05) is 10.6 Å². The normalized spacial score (nSPS) is 15.1. The highest BCUT2D eigenvalue weighted by Gasteiger charge is 2.32. The smallest absolute Gasteiger partial charge is 0.249 e. The molecule has 0 spiro atoms. The van der Waals surface area contributed by atoms with Gasteiger partial charge < -0.3 is 26.4 Å². The average Bonchev–Trinajstić information content (AvgIpc) is 3.06. The predicted octanol–water partition coefficient (Wildman–Crippen LogP) is 5.82. The predicted molar refractivity (Wildman–Crippen MR) is 164 cm³/mol. The second-order valence-corrected chi connectivity index (χ2v) is 11.2. The van der Waals surface area contributed by atoms with E-state index in [2.05, 4.69) is 5.32 Å². The number of carbonyl (C=O) groups is 2. The summed E-state index contributed by atoms with van der Waals surface area (Å²) in [6.45, 7) is 3.99. The summed E-state index contributed by atoms with van der Waals surface area (Å²) in [6.07, 6.45) is 1.38. The summed E-state index contributed by atoms with van der Waals surface area (Å²) in [7, 11) is 0. The number of hydrogen-bond donors (Lipinski definition) is 3. The molecule has 0 aliphatic carbocycles. The molecule has 41 heavy (non-hydrogen) atoms. The number of hydrogen-bond acceptors (Lipinski definition) is 5. The van der Waals surface area contributed by atoms with E-state index >= 15 is 0 Å². The number of rotatable bonds is 8. The molecule has 7 heteroatoms. The number of nitrogens with one attached hydrogen (secondary N) is 1. The average molecular weight is 549 g/mol. The molecule has 0 saturated carbocycles. The zero-order valence-electron chi connectivity index (χ0n) is 23.5. The number of aryl methyl sites for hydroxylation is 1. The molecule has 0 aromatic heterocycles. The lowest BCUT2D eigenvalue weighted by atomic mass is 10.0. The fraction of sp³-hybridized carbons (Fsp3) is 0.235. The number of nitrogens with two attached hydrogens (primary N) is 2. The van der Waals surface area contributed by atoms with Crippen LogP contribution < -0.4 is 26.4 Å². The van der Waals surface area contributed by atoms with Crippen LogP contribution in [0.4, 0.5) is 11.4 Å². The molecule has 2 amide bonds. The third-order valence-electron chi connectivity index (χ3n) is 7.10. The number of amides is 2. The highest BCUT2D eigenvalue weighted by Crippen LogP contribution is 2.34. The first-order valence-electron chi connectivity index (χ1n) is 13.9. The number of benzene rings is 4. The van der Waals surface area contributed by atoms with Crippen LogP contribution in [0.25, 0.3) is 11.1 Å². The summed E-state index contributed by atoms with van der Waals surface area (Å²) in [5.74, 6) is 1.11. The number of nitrogens with zero attached hydrogens (tertiary/aromatic N) is 1. The minimum atomic E-state index is -0.652. The van der Waals surface area contributed by atoms with E-state index in [0.29, 0.717) is 30.8 Å². The SMILES string of the molecule is CC(C)(N)CC(=O)N[C@@H]1CCc2ccccc2N(Cc2ccc(-c3ccccc3Oc3ccc(N)cc3)cc2)C1=O. The molecule has 0 fully saturated rings. The Morgan fingerprint density at radius 3 is 2.37 bits per heavy atom. The van der Waals surface area contributed by atoms with Gasteiger partial charge in [0.1, 0.15) is 17.5 Å². The van der Waals surface area contributed by atoms with Crippen molar-refractivity contribution in [2.24, 2.45) is 5.73 Å². The lowest BCUT2D eigenvalue weighted by Crippen LogP contribution is -2.49. The van der Waals surface area contributed by atoms with Gasteiger partial charge in [-0.2, -0.15) is 0 Å². The van der Waals surface area contributed by atoms with Crippen LogP contribution in [0.2, 0.25) is 0 Å². The van der Waals surface area contributed by atoms with Crippen molar-refractivity contribution in [1.29, 1.82) is 0 Å². The molecule has 0 bridgehead atoms. The van der Waals surface area contributed by atoms with Crippen molar-refractivity contribution in [3.05, 3.63) is 108 Å². The molecule has 1 aliphatic rings. The minimum Gasteiger partial charge on any atom is -0.457 e. The molecule has 4 aromatic rings. The summed E-state index contributed by atoms with van der Waals surface area (Å²) < 4.78 is 6.16. The van der Waals surface area contributed by atoms with Gasteiger partial charge in [-0.15, -0.1) is 0 Å². The van der Waals surface area contributed by atoms with Crippen LogP contribution >= 0.6 is 0 Å². The van der Waals surface area contributed by atoms with Gasteiger partial charge in [-0.3, -0.25) is 9.59 Å². The molecular weight excluding hydrogens is 512 g/mol. The largest absolute Gasteiger partial charge is 0.457 e. The van der Waals surface area contributed by atoms with Crippen LogP contribution in [0.5, 0.6) is 11.5 Å². The maximum absolute atomic E-state index is 13.8. The van der Waals surface area contributed by atoms with Crippen molar-refractivity contribution < 1.29 is 14.3 Å². The topological polar surface area (TPSA) is 111 Å². The fourth-order valence-electron chi connectivity index (χ4n) is 5.10. The van der Waals surface area contributed by atoms with E-state index in [1.165, 1.54) is 0 Å². The highest BCUT2D eigenvalue weighted by atomic mass is 16.5. The first-order chi connectivity index (χ1) is 19.7. The summed E-state index contributed by atoms with van der Waals surface area (Å²) in [5.41, 5.74) is 16.8. The monoisotopic (exact) mass is 548 g/mol. The van der Waals surface area contributed by atoms with E-state index in [4.69, 9.17) is 16.2 Å².